The summed E-state index contributed by atoms with van der Waals surface area (Å²) in [6.07, 6.45) is -5.38. The molecule has 10 heteroatoms. The lowest BCUT2D eigenvalue weighted by Crippen LogP contribution is -2.55. The van der Waals surface area contributed by atoms with Crippen LogP contribution in [0.5, 0.6) is 0 Å². The Kier molecular flexibility index (Phi) is 6.12. The van der Waals surface area contributed by atoms with Crippen molar-refractivity contribution in [3.63, 3.8) is 0 Å². The van der Waals surface area contributed by atoms with Crippen LogP contribution in [0.3, 0.4) is 0 Å². The number of ether oxygens (including phenoxy) is 1. The molecule has 31 heavy (non-hydrogen) atoms. The molecule has 0 radical (unpaired) electrons. The summed E-state index contributed by atoms with van der Waals surface area (Å²) in [6, 6.07) is 2.62. The highest BCUT2D eigenvalue weighted by atomic mass is 19.4. The van der Waals surface area contributed by atoms with Crippen LogP contribution in [-0.4, -0.2) is 65.8 Å². The van der Waals surface area contributed by atoms with Crippen LogP contribution in [0.15, 0.2) is 12.1 Å². The Morgan fingerprint density at radius 1 is 1.06 bits per heavy atom. The molecule has 2 aliphatic rings. The number of alkyl halides is 3. The Morgan fingerprint density at radius 2 is 1.74 bits per heavy atom. The van der Waals surface area contributed by atoms with Gasteiger partial charge in [-0.1, -0.05) is 0 Å². The Balaban J connectivity index is 1.81. The summed E-state index contributed by atoms with van der Waals surface area (Å²) in [5.74, 6) is -2.41. The summed E-state index contributed by atoms with van der Waals surface area (Å²) in [5, 5.41) is 0. The number of amides is 2. The molecule has 3 rings (SSSR count). The molecule has 1 fully saturated rings. The molecule has 2 amide bonds. The summed E-state index contributed by atoms with van der Waals surface area (Å²) in [5.41, 5.74) is 0.692. The van der Waals surface area contributed by atoms with E-state index in [4.69, 9.17) is 4.74 Å². The van der Waals surface area contributed by atoms with Crippen LogP contribution in [0.4, 0.5) is 28.0 Å². The third-order valence-electron chi connectivity index (χ3n) is 5.46. The van der Waals surface area contributed by atoms with Gasteiger partial charge in [-0.2, -0.15) is 13.2 Å². The summed E-state index contributed by atoms with van der Waals surface area (Å²) in [7, 11) is 0. The van der Waals surface area contributed by atoms with Crippen molar-refractivity contribution >= 4 is 17.7 Å². The molecule has 0 saturated carbocycles. The number of hydrogen-bond donors (Lipinski definition) is 0. The number of piperazine rings is 1. The first-order valence-electron chi connectivity index (χ1n) is 10.2. The standard InChI is InChI=1S/C21H27F4N3O3/c1-13-11-26(9-10-28(13)19(30)31-20(2,3)4)17-6-5-16(22)14-7-8-27(12-15(14)17)18(29)21(23,24)25/h5-6,13H,7-12H2,1-4H3. The normalized spacial score (nSPS) is 19.9. The number of carbonyl (C=O) groups is 2. The summed E-state index contributed by atoms with van der Waals surface area (Å²) < 4.78 is 58.5. The van der Waals surface area contributed by atoms with Crippen molar-refractivity contribution in [2.45, 2.75) is 58.5 Å². The predicted octanol–water partition coefficient (Wildman–Crippen LogP) is 3.72. The maximum absolute atomic E-state index is 14.4. The van der Waals surface area contributed by atoms with Crippen molar-refractivity contribution in [3.05, 3.63) is 29.1 Å². The van der Waals surface area contributed by atoms with Gasteiger partial charge >= 0.3 is 18.2 Å². The summed E-state index contributed by atoms with van der Waals surface area (Å²) in [6.45, 7) is 7.88. The lowest BCUT2D eigenvalue weighted by molar-refractivity contribution is -0.186. The molecule has 0 N–H and O–H groups in total. The lowest BCUT2D eigenvalue weighted by Gasteiger charge is -2.42. The largest absolute Gasteiger partial charge is 0.471 e. The van der Waals surface area contributed by atoms with E-state index in [1.807, 2.05) is 11.8 Å². The van der Waals surface area contributed by atoms with E-state index in [1.54, 1.807) is 25.7 Å². The molecule has 2 heterocycles. The highest BCUT2D eigenvalue weighted by Crippen LogP contribution is 2.34. The van der Waals surface area contributed by atoms with E-state index in [0.717, 1.165) is 0 Å². The highest BCUT2D eigenvalue weighted by molar-refractivity contribution is 5.82. The van der Waals surface area contributed by atoms with Gasteiger partial charge in [0.1, 0.15) is 11.4 Å². The number of benzene rings is 1. The topological polar surface area (TPSA) is 53.1 Å². The molecular formula is C21H27F4N3O3. The number of rotatable bonds is 1. The second kappa shape index (κ2) is 8.20. The molecule has 0 bridgehead atoms. The van der Waals surface area contributed by atoms with Crippen LogP contribution in [0.2, 0.25) is 0 Å². The van der Waals surface area contributed by atoms with E-state index in [2.05, 4.69) is 0 Å². The minimum atomic E-state index is -4.97. The molecule has 172 valence electrons. The van der Waals surface area contributed by atoms with Crippen molar-refractivity contribution in [3.8, 4) is 0 Å². The van der Waals surface area contributed by atoms with Crippen LogP contribution in [-0.2, 0) is 22.5 Å². The smallest absolute Gasteiger partial charge is 0.444 e. The fourth-order valence-electron chi connectivity index (χ4n) is 4.03. The average Bonchev–Trinajstić information content (AvgIpc) is 2.65. The number of hydrogen-bond acceptors (Lipinski definition) is 4. The van der Waals surface area contributed by atoms with Crippen molar-refractivity contribution in [1.82, 2.24) is 9.80 Å². The molecule has 6 nitrogen and oxygen atoms in total. The Morgan fingerprint density at radius 3 is 2.32 bits per heavy atom. The zero-order valence-corrected chi connectivity index (χ0v) is 18.1. The van der Waals surface area contributed by atoms with Crippen LogP contribution in [0, 0.1) is 5.82 Å². The van der Waals surface area contributed by atoms with Crippen LogP contribution in [0.1, 0.15) is 38.8 Å². The van der Waals surface area contributed by atoms with E-state index in [1.165, 1.54) is 12.1 Å². The number of anilines is 1. The van der Waals surface area contributed by atoms with E-state index in [9.17, 15) is 27.2 Å². The van der Waals surface area contributed by atoms with Gasteiger partial charge in [-0.3, -0.25) is 4.79 Å². The Labute approximate surface area is 178 Å². The second-order valence-electron chi connectivity index (χ2n) is 8.97. The van der Waals surface area contributed by atoms with Crippen LogP contribution in [0.25, 0.3) is 0 Å². The second-order valence-corrected chi connectivity index (χ2v) is 8.97. The van der Waals surface area contributed by atoms with Crippen LogP contribution < -0.4 is 4.90 Å². The van der Waals surface area contributed by atoms with Gasteiger partial charge in [0.2, 0.25) is 0 Å². The van der Waals surface area contributed by atoms with Gasteiger partial charge in [0, 0.05) is 50.0 Å². The lowest BCUT2D eigenvalue weighted by atomic mass is 9.96. The molecular weight excluding hydrogens is 418 g/mol. The molecule has 2 aliphatic heterocycles. The molecule has 0 aromatic heterocycles. The van der Waals surface area contributed by atoms with Gasteiger partial charge in [0.25, 0.3) is 0 Å². The molecule has 1 saturated heterocycles. The number of nitrogens with zero attached hydrogens (tertiary/aromatic N) is 3. The highest BCUT2D eigenvalue weighted by Gasteiger charge is 2.44. The number of halogens is 4. The summed E-state index contributed by atoms with van der Waals surface area (Å²) in [4.78, 5) is 28.4. The van der Waals surface area contributed by atoms with Gasteiger partial charge in [-0.05, 0) is 51.8 Å². The van der Waals surface area contributed by atoms with E-state index < -0.39 is 29.6 Å². The zero-order chi connectivity index (χ0) is 23.1. The molecule has 1 aromatic rings. The Bertz CT molecular complexity index is 867. The first-order valence-corrected chi connectivity index (χ1v) is 10.2. The van der Waals surface area contributed by atoms with Crippen molar-refractivity contribution in [1.29, 1.82) is 0 Å². The van der Waals surface area contributed by atoms with Gasteiger partial charge in [-0.15, -0.1) is 0 Å². The molecule has 0 spiro atoms. The fraction of sp³-hybridized carbons (Fsp3) is 0.619. The molecule has 1 atom stereocenters. The number of carbonyl (C=O) groups excluding carboxylic acids is 2. The SMILES string of the molecule is CC1CN(c2ccc(F)c3c2CN(C(=O)C(F)(F)F)CC3)CCN1C(=O)OC(C)(C)C. The van der Waals surface area contributed by atoms with E-state index in [0.29, 0.717) is 41.3 Å². The number of fused-ring (bicyclic) bond motifs is 1. The van der Waals surface area contributed by atoms with Gasteiger partial charge in [-0.25, -0.2) is 9.18 Å². The molecule has 1 aromatic carbocycles. The summed E-state index contributed by atoms with van der Waals surface area (Å²) >= 11 is 0. The quantitative estimate of drug-likeness (QED) is 0.619. The van der Waals surface area contributed by atoms with Gasteiger partial charge in [0.15, 0.2) is 0 Å². The first-order chi connectivity index (χ1) is 14.3. The van der Waals surface area contributed by atoms with E-state index in [-0.39, 0.29) is 25.6 Å². The van der Waals surface area contributed by atoms with Crippen molar-refractivity contribution in [2.24, 2.45) is 0 Å². The molecule has 1 unspecified atom stereocenters. The van der Waals surface area contributed by atoms with E-state index >= 15 is 0 Å². The average molecular weight is 445 g/mol. The van der Waals surface area contributed by atoms with Gasteiger partial charge in [0.05, 0.1) is 0 Å². The van der Waals surface area contributed by atoms with Gasteiger partial charge < -0.3 is 19.4 Å². The minimum absolute atomic E-state index is 0.0181. The monoisotopic (exact) mass is 445 g/mol. The Hall–Kier alpha value is -2.52. The molecule has 0 aliphatic carbocycles. The minimum Gasteiger partial charge on any atom is -0.444 e. The van der Waals surface area contributed by atoms with Crippen molar-refractivity contribution < 1.29 is 31.9 Å². The maximum atomic E-state index is 14.4. The maximum Gasteiger partial charge on any atom is 0.471 e. The third kappa shape index (κ3) is 5.04. The fourth-order valence-corrected chi connectivity index (χ4v) is 4.03. The van der Waals surface area contributed by atoms with Crippen LogP contribution >= 0.6 is 0 Å². The first kappa shape index (κ1) is 23.1. The third-order valence-corrected chi connectivity index (χ3v) is 5.46. The zero-order valence-electron chi connectivity index (χ0n) is 18.1. The van der Waals surface area contributed by atoms with Crippen molar-refractivity contribution in [2.75, 3.05) is 31.1 Å². The predicted molar refractivity (Wildman–Crippen MR) is 106 cm³/mol.